The third-order valence-corrected chi connectivity index (χ3v) is 2.92. The van der Waals surface area contributed by atoms with Crippen molar-refractivity contribution >= 4 is 17.6 Å². The molecule has 0 bridgehead atoms. The molecule has 1 aromatic carbocycles. The molecule has 0 radical (unpaired) electrons. The first kappa shape index (κ1) is 14.6. The van der Waals surface area contributed by atoms with Crippen molar-refractivity contribution in [3.8, 4) is 0 Å². The van der Waals surface area contributed by atoms with Crippen LogP contribution in [0.25, 0.3) is 0 Å². The summed E-state index contributed by atoms with van der Waals surface area (Å²) < 4.78 is 18.1. The van der Waals surface area contributed by atoms with Crippen LogP contribution >= 0.6 is 0 Å². The number of nitrogens with zero attached hydrogens (tertiary/aromatic N) is 1. The van der Waals surface area contributed by atoms with Crippen LogP contribution in [0.3, 0.4) is 0 Å². The van der Waals surface area contributed by atoms with Crippen LogP contribution in [-0.2, 0) is 4.74 Å². The molecule has 0 unspecified atom stereocenters. The van der Waals surface area contributed by atoms with E-state index in [0.29, 0.717) is 11.3 Å². The van der Waals surface area contributed by atoms with E-state index in [1.54, 1.807) is 19.1 Å². The monoisotopic (exact) mass is 288 g/mol. The minimum atomic E-state index is -0.711. The highest BCUT2D eigenvalue weighted by atomic mass is 19.1. The van der Waals surface area contributed by atoms with Crippen molar-refractivity contribution < 1.29 is 18.7 Å². The molecule has 1 heterocycles. The fraction of sp³-hybridized carbons (Fsp3) is 0.133. The Morgan fingerprint density at radius 2 is 2.05 bits per heavy atom. The van der Waals surface area contributed by atoms with Gasteiger partial charge in [0.25, 0.3) is 5.91 Å². The summed E-state index contributed by atoms with van der Waals surface area (Å²) in [7, 11) is 1.27. The van der Waals surface area contributed by atoms with E-state index in [-0.39, 0.29) is 5.56 Å². The topological polar surface area (TPSA) is 68.3 Å². The molecule has 108 valence electrons. The number of rotatable bonds is 3. The van der Waals surface area contributed by atoms with E-state index in [1.165, 1.54) is 25.4 Å². The highest BCUT2D eigenvalue weighted by molar-refractivity contribution is 6.05. The molecule has 0 aliphatic rings. The smallest absolute Gasteiger partial charge is 0.337 e. The lowest BCUT2D eigenvalue weighted by atomic mass is 10.1. The predicted molar refractivity (Wildman–Crippen MR) is 74.7 cm³/mol. The Morgan fingerprint density at radius 3 is 2.71 bits per heavy atom. The largest absolute Gasteiger partial charge is 0.465 e. The van der Waals surface area contributed by atoms with Crippen LogP contribution in [0.1, 0.15) is 26.3 Å². The predicted octanol–water partition coefficient (Wildman–Crippen LogP) is 2.57. The van der Waals surface area contributed by atoms with Gasteiger partial charge in [-0.3, -0.25) is 9.78 Å². The maximum atomic E-state index is 13.5. The van der Waals surface area contributed by atoms with Gasteiger partial charge in [-0.05, 0) is 30.7 Å². The van der Waals surface area contributed by atoms with Crippen molar-refractivity contribution in [1.29, 1.82) is 0 Å². The molecular formula is C15H13FN2O3. The SMILES string of the molecule is COC(=O)c1ccc(C)c(NC(=O)c2ccncc2F)c1. The number of methoxy groups -OCH3 is 1. The summed E-state index contributed by atoms with van der Waals surface area (Å²) in [6.07, 6.45) is 2.29. The zero-order valence-corrected chi connectivity index (χ0v) is 11.5. The van der Waals surface area contributed by atoms with E-state index in [1.807, 2.05) is 0 Å². The Bertz CT molecular complexity index is 701. The zero-order valence-electron chi connectivity index (χ0n) is 11.5. The van der Waals surface area contributed by atoms with Gasteiger partial charge in [0.2, 0.25) is 0 Å². The first-order chi connectivity index (χ1) is 10.0. The summed E-state index contributed by atoms with van der Waals surface area (Å²) in [4.78, 5) is 27.1. The lowest BCUT2D eigenvalue weighted by Crippen LogP contribution is -2.15. The van der Waals surface area contributed by atoms with Gasteiger partial charge in [-0.2, -0.15) is 0 Å². The molecule has 0 aliphatic carbocycles. The van der Waals surface area contributed by atoms with Gasteiger partial charge in [-0.15, -0.1) is 0 Å². The molecule has 0 saturated carbocycles. The number of esters is 1. The summed E-state index contributed by atoms with van der Waals surface area (Å²) in [6.45, 7) is 1.76. The number of hydrogen-bond acceptors (Lipinski definition) is 4. The summed E-state index contributed by atoms with van der Waals surface area (Å²) in [5.74, 6) is -1.84. The Hall–Kier alpha value is -2.76. The molecule has 0 spiro atoms. The number of ether oxygens (including phenoxy) is 1. The minimum absolute atomic E-state index is 0.118. The molecule has 2 aromatic rings. The highest BCUT2D eigenvalue weighted by Gasteiger charge is 2.14. The second kappa shape index (κ2) is 6.13. The first-order valence-electron chi connectivity index (χ1n) is 6.12. The second-order valence-electron chi connectivity index (χ2n) is 4.33. The fourth-order valence-corrected chi connectivity index (χ4v) is 1.75. The van der Waals surface area contributed by atoms with Crippen molar-refractivity contribution in [2.45, 2.75) is 6.92 Å². The molecule has 2 rings (SSSR count). The zero-order chi connectivity index (χ0) is 15.4. The summed E-state index contributed by atoms with van der Waals surface area (Å²) >= 11 is 0. The van der Waals surface area contributed by atoms with Crippen LogP contribution in [0.5, 0.6) is 0 Å². The molecular weight excluding hydrogens is 275 g/mol. The summed E-state index contributed by atoms with van der Waals surface area (Å²) in [5.41, 5.74) is 1.34. The third-order valence-electron chi connectivity index (χ3n) is 2.92. The standard InChI is InChI=1S/C15H13FN2O3/c1-9-3-4-10(15(20)21-2)7-13(9)18-14(19)11-5-6-17-8-12(11)16/h3-8H,1-2H3,(H,18,19). The van der Waals surface area contributed by atoms with Crippen molar-refractivity contribution in [1.82, 2.24) is 4.98 Å². The minimum Gasteiger partial charge on any atom is -0.465 e. The molecule has 5 nitrogen and oxygen atoms in total. The van der Waals surface area contributed by atoms with Gasteiger partial charge in [-0.25, -0.2) is 9.18 Å². The van der Waals surface area contributed by atoms with Crippen LogP contribution in [0, 0.1) is 12.7 Å². The van der Waals surface area contributed by atoms with Crippen molar-refractivity contribution in [3.63, 3.8) is 0 Å². The Labute approximate surface area is 120 Å². The van der Waals surface area contributed by atoms with Crippen molar-refractivity contribution in [3.05, 3.63) is 59.2 Å². The van der Waals surface area contributed by atoms with Gasteiger partial charge in [0.05, 0.1) is 24.4 Å². The number of amides is 1. The van der Waals surface area contributed by atoms with E-state index >= 15 is 0 Å². The third kappa shape index (κ3) is 3.22. The van der Waals surface area contributed by atoms with Crippen LogP contribution in [-0.4, -0.2) is 24.0 Å². The van der Waals surface area contributed by atoms with Gasteiger partial charge in [-0.1, -0.05) is 6.07 Å². The van der Waals surface area contributed by atoms with E-state index in [9.17, 15) is 14.0 Å². The Kier molecular flexibility index (Phi) is 4.27. The van der Waals surface area contributed by atoms with Crippen molar-refractivity contribution in [2.24, 2.45) is 0 Å². The Balaban J connectivity index is 2.29. The number of hydrogen-bond donors (Lipinski definition) is 1. The van der Waals surface area contributed by atoms with E-state index < -0.39 is 17.7 Å². The number of halogens is 1. The molecule has 1 aromatic heterocycles. The van der Waals surface area contributed by atoms with E-state index in [4.69, 9.17) is 0 Å². The quantitative estimate of drug-likeness (QED) is 0.881. The lowest BCUT2D eigenvalue weighted by Gasteiger charge is -2.10. The number of pyridine rings is 1. The van der Waals surface area contributed by atoms with Crippen LogP contribution in [0.2, 0.25) is 0 Å². The molecule has 21 heavy (non-hydrogen) atoms. The van der Waals surface area contributed by atoms with Gasteiger partial charge < -0.3 is 10.1 Å². The van der Waals surface area contributed by atoms with Gasteiger partial charge in [0, 0.05) is 11.9 Å². The fourth-order valence-electron chi connectivity index (χ4n) is 1.75. The van der Waals surface area contributed by atoms with Crippen LogP contribution < -0.4 is 5.32 Å². The van der Waals surface area contributed by atoms with Crippen LogP contribution in [0.4, 0.5) is 10.1 Å². The molecule has 0 saturated heterocycles. The van der Waals surface area contributed by atoms with Gasteiger partial charge >= 0.3 is 5.97 Å². The maximum Gasteiger partial charge on any atom is 0.337 e. The van der Waals surface area contributed by atoms with E-state index in [0.717, 1.165) is 11.8 Å². The van der Waals surface area contributed by atoms with Gasteiger partial charge in [0.15, 0.2) is 5.82 Å². The highest BCUT2D eigenvalue weighted by Crippen LogP contribution is 2.19. The molecule has 1 amide bonds. The number of aryl methyl sites for hydroxylation is 1. The van der Waals surface area contributed by atoms with E-state index in [2.05, 4.69) is 15.0 Å². The molecule has 6 heteroatoms. The summed E-state index contributed by atoms with van der Waals surface area (Å²) in [6, 6.07) is 6.02. The van der Waals surface area contributed by atoms with Gasteiger partial charge in [0.1, 0.15) is 0 Å². The lowest BCUT2D eigenvalue weighted by molar-refractivity contribution is 0.0600. The summed E-state index contributed by atoms with van der Waals surface area (Å²) in [5, 5.41) is 2.57. The molecule has 0 fully saturated rings. The molecule has 0 atom stereocenters. The van der Waals surface area contributed by atoms with Crippen LogP contribution in [0.15, 0.2) is 36.7 Å². The second-order valence-corrected chi connectivity index (χ2v) is 4.33. The molecule has 1 N–H and O–H groups in total. The number of nitrogens with one attached hydrogen (secondary N) is 1. The Morgan fingerprint density at radius 1 is 1.29 bits per heavy atom. The average Bonchev–Trinajstić information content (AvgIpc) is 2.49. The molecule has 0 aliphatic heterocycles. The number of carbonyl (C=O) groups is 2. The number of carbonyl (C=O) groups excluding carboxylic acids is 2. The maximum absolute atomic E-state index is 13.5. The van der Waals surface area contributed by atoms with Crippen molar-refractivity contribution in [2.75, 3.05) is 12.4 Å². The number of benzene rings is 1. The number of aromatic nitrogens is 1. The average molecular weight is 288 g/mol. The number of anilines is 1. The first-order valence-corrected chi connectivity index (χ1v) is 6.12. The normalized spacial score (nSPS) is 10.0.